The summed E-state index contributed by atoms with van der Waals surface area (Å²) in [6.45, 7) is 3.67. The van der Waals surface area contributed by atoms with Gasteiger partial charge in [0, 0.05) is 25.2 Å². The summed E-state index contributed by atoms with van der Waals surface area (Å²) in [5.74, 6) is 0.794. The second-order valence-corrected chi connectivity index (χ2v) is 7.40. The number of aromatic nitrogens is 2. The first-order valence-electron chi connectivity index (χ1n) is 10.6. The first-order chi connectivity index (χ1) is 16.9. The molecule has 0 bridgehead atoms. The molecule has 2 N–H and O–H groups in total. The molecule has 12 nitrogen and oxygen atoms in total. The average molecular weight is 475 g/mol. The second kappa shape index (κ2) is 9.92. The molecule has 1 aliphatic rings. The van der Waals surface area contributed by atoms with Crippen molar-refractivity contribution in [3.05, 3.63) is 63.7 Å². The summed E-state index contributed by atoms with van der Waals surface area (Å²) in [7, 11) is 1.95. The Kier molecular flexibility index (Phi) is 6.59. The lowest BCUT2D eigenvalue weighted by Crippen LogP contribution is -2.23. The molecule has 0 unspecified atom stereocenters. The Bertz CT molecular complexity index is 1350. The molecular weight excluding hydrogens is 454 g/mol. The number of anilines is 1. The predicted molar refractivity (Wildman–Crippen MR) is 126 cm³/mol. The van der Waals surface area contributed by atoms with E-state index in [-0.39, 0.29) is 17.3 Å². The third-order valence-corrected chi connectivity index (χ3v) is 4.94. The van der Waals surface area contributed by atoms with E-state index < -0.39 is 22.3 Å². The molecule has 2 heterocycles. The summed E-state index contributed by atoms with van der Waals surface area (Å²) < 4.78 is 16.9. The van der Waals surface area contributed by atoms with Crippen LogP contribution in [0.5, 0.6) is 29.1 Å². The van der Waals surface area contributed by atoms with Crippen molar-refractivity contribution in [3.63, 3.8) is 0 Å². The lowest BCUT2D eigenvalue weighted by Gasteiger charge is -2.14. The van der Waals surface area contributed by atoms with Crippen LogP contribution in [0.1, 0.15) is 18.1 Å². The van der Waals surface area contributed by atoms with E-state index in [0.717, 1.165) is 17.9 Å². The van der Waals surface area contributed by atoms with Crippen LogP contribution in [-0.4, -0.2) is 52.4 Å². The Hall–Kier alpha value is -4.92. The molecular formula is C23H21N7O5. The molecule has 35 heavy (non-hydrogen) atoms. The van der Waals surface area contributed by atoms with Crippen molar-refractivity contribution in [2.45, 2.75) is 6.92 Å². The molecule has 0 radical (unpaired) electrons. The maximum atomic E-state index is 11.6. The number of likely N-dealkylation sites (N-methyl/N-ethyl adjacent to an activating group) is 1. The SMILES string of the molecule is CCOc1cc(C#N)cc(Oc2nc(Oc3cccc(C4=NCCN4C)c3)nc(N)c2[N+](=O)[O-])c1. The van der Waals surface area contributed by atoms with Crippen molar-refractivity contribution >= 4 is 17.3 Å². The number of ether oxygens (including phenoxy) is 3. The van der Waals surface area contributed by atoms with Gasteiger partial charge in [0.25, 0.3) is 0 Å². The maximum absolute atomic E-state index is 11.6. The fourth-order valence-corrected chi connectivity index (χ4v) is 3.42. The van der Waals surface area contributed by atoms with Gasteiger partial charge in [-0.3, -0.25) is 15.1 Å². The van der Waals surface area contributed by atoms with Crippen LogP contribution in [0, 0.1) is 21.4 Å². The van der Waals surface area contributed by atoms with Gasteiger partial charge < -0.3 is 24.8 Å². The van der Waals surface area contributed by atoms with Gasteiger partial charge in [-0.05, 0) is 31.2 Å². The van der Waals surface area contributed by atoms with Gasteiger partial charge in [-0.2, -0.15) is 15.2 Å². The molecule has 0 saturated heterocycles. The highest BCUT2D eigenvalue weighted by atomic mass is 16.6. The number of amidine groups is 1. The fraction of sp³-hybridized carbons (Fsp3) is 0.217. The molecule has 178 valence electrons. The number of aliphatic imine (C=N–C) groups is 1. The molecule has 1 aromatic heterocycles. The number of rotatable bonds is 8. The van der Waals surface area contributed by atoms with Crippen LogP contribution >= 0.6 is 0 Å². The number of benzene rings is 2. The van der Waals surface area contributed by atoms with Gasteiger partial charge in [0.1, 0.15) is 23.1 Å². The van der Waals surface area contributed by atoms with Crippen molar-refractivity contribution in [1.82, 2.24) is 14.9 Å². The summed E-state index contributed by atoms with van der Waals surface area (Å²) in [4.78, 5) is 25.4. The highest BCUT2D eigenvalue weighted by Crippen LogP contribution is 2.37. The van der Waals surface area contributed by atoms with Crippen molar-refractivity contribution in [3.8, 4) is 35.2 Å². The Morgan fingerprint density at radius 1 is 1.17 bits per heavy atom. The van der Waals surface area contributed by atoms with Crippen molar-refractivity contribution in [2.75, 3.05) is 32.5 Å². The summed E-state index contributed by atoms with van der Waals surface area (Å²) in [6.07, 6.45) is 0. The van der Waals surface area contributed by atoms with Crippen molar-refractivity contribution in [1.29, 1.82) is 5.26 Å². The first kappa shape index (κ1) is 23.2. The van der Waals surface area contributed by atoms with Crippen LogP contribution in [0.25, 0.3) is 0 Å². The highest BCUT2D eigenvalue weighted by Gasteiger charge is 2.27. The normalized spacial score (nSPS) is 12.6. The van der Waals surface area contributed by atoms with E-state index >= 15 is 0 Å². The molecule has 12 heteroatoms. The number of nitrogens with zero attached hydrogens (tertiary/aromatic N) is 6. The molecule has 0 spiro atoms. The Morgan fingerprint density at radius 3 is 2.66 bits per heavy atom. The first-order valence-corrected chi connectivity index (χ1v) is 10.6. The zero-order valence-corrected chi connectivity index (χ0v) is 19.0. The third-order valence-electron chi connectivity index (χ3n) is 4.94. The summed E-state index contributed by atoms with van der Waals surface area (Å²) in [5, 5.41) is 20.9. The van der Waals surface area contributed by atoms with Crippen LogP contribution < -0.4 is 19.9 Å². The van der Waals surface area contributed by atoms with E-state index in [9.17, 15) is 15.4 Å². The molecule has 2 aromatic carbocycles. The number of hydrogen-bond acceptors (Lipinski definition) is 11. The predicted octanol–water partition coefficient (Wildman–Crippen LogP) is 3.51. The molecule has 1 aliphatic heterocycles. The van der Waals surface area contributed by atoms with E-state index in [1.165, 1.54) is 18.2 Å². The molecule has 0 fully saturated rings. The van der Waals surface area contributed by atoms with Gasteiger partial charge >= 0.3 is 17.6 Å². The van der Waals surface area contributed by atoms with Crippen LogP contribution in [0.2, 0.25) is 0 Å². The zero-order chi connectivity index (χ0) is 24.9. The standard InChI is InChI=1S/C23H21N7O5/c1-3-33-17-9-14(13-24)10-18(12-17)34-22-19(30(31)32)20(25)27-23(28-22)35-16-6-4-5-15(11-16)21-26-7-8-29(21)2/h4-6,9-12H,3,7-8H2,1-2H3,(H2,25,27,28). The number of nitriles is 1. The fourth-order valence-electron chi connectivity index (χ4n) is 3.42. The summed E-state index contributed by atoms with van der Waals surface area (Å²) in [6, 6.07) is 13.3. The van der Waals surface area contributed by atoms with E-state index in [0.29, 0.717) is 24.7 Å². The third kappa shape index (κ3) is 5.19. The molecule has 3 aromatic rings. The van der Waals surface area contributed by atoms with Gasteiger partial charge in [0.05, 0.1) is 29.7 Å². The molecule has 0 saturated carbocycles. The second-order valence-electron chi connectivity index (χ2n) is 7.40. The van der Waals surface area contributed by atoms with Gasteiger partial charge in [0.15, 0.2) is 0 Å². The van der Waals surface area contributed by atoms with E-state index in [1.54, 1.807) is 25.1 Å². The lowest BCUT2D eigenvalue weighted by molar-refractivity contribution is -0.385. The Balaban J connectivity index is 1.68. The molecule has 0 aliphatic carbocycles. The van der Waals surface area contributed by atoms with Gasteiger partial charge in [0.2, 0.25) is 5.82 Å². The number of nitrogen functional groups attached to an aromatic ring is 1. The highest BCUT2D eigenvalue weighted by molar-refractivity contribution is 5.99. The Morgan fingerprint density at radius 2 is 1.97 bits per heavy atom. The van der Waals surface area contributed by atoms with Crippen molar-refractivity contribution < 1.29 is 19.1 Å². The molecule has 4 rings (SSSR count). The minimum Gasteiger partial charge on any atom is -0.494 e. The van der Waals surface area contributed by atoms with Crippen LogP contribution in [-0.2, 0) is 0 Å². The zero-order valence-electron chi connectivity index (χ0n) is 19.0. The molecule has 0 atom stereocenters. The van der Waals surface area contributed by atoms with E-state index in [2.05, 4.69) is 15.0 Å². The monoisotopic (exact) mass is 475 g/mol. The summed E-state index contributed by atoms with van der Waals surface area (Å²) >= 11 is 0. The topological polar surface area (TPSA) is 162 Å². The van der Waals surface area contributed by atoms with Gasteiger partial charge in [-0.15, -0.1) is 0 Å². The largest absolute Gasteiger partial charge is 0.494 e. The van der Waals surface area contributed by atoms with Crippen molar-refractivity contribution in [2.24, 2.45) is 4.99 Å². The quantitative estimate of drug-likeness (QED) is 0.377. The number of hydrogen-bond donors (Lipinski definition) is 1. The van der Waals surface area contributed by atoms with Gasteiger partial charge in [-0.25, -0.2) is 0 Å². The minimum absolute atomic E-state index is 0.101. The van der Waals surface area contributed by atoms with E-state index in [4.69, 9.17) is 19.9 Å². The van der Waals surface area contributed by atoms with Crippen LogP contribution in [0.4, 0.5) is 11.5 Å². The maximum Gasteiger partial charge on any atom is 0.373 e. The smallest absolute Gasteiger partial charge is 0.373 e. The van der Waals surface area contributed by atoms with Crippen LogP contribution in [0.3, 0.4) is 0 Å². The summed E-state index contributed by atoms with van der Waals surface area (Å²) in [5.41, 5.74) is 6.30. The Labute approximate surface area is 200 Å². The van der Waals surface area contributed by atoms with E-state index in [1.807, 2.05) is 24.1 Å². The van der Waals surface area contributed by atoms with Gasteiger partial charge in [-0.1, -0.05) is 12.1 Å². The molecule has 0 amide bonds. The average Bonchev–Trinajstić information content (AvgIpc) is 3.24. The minimum atomic E-state index is -0.749. The number of nitrogens with two attached hydrogens (primary N) is 1. The van der Waals surface area contributed by atoms with Crippen LogP contribution in [0.15, 0.2) is 47.5 Å². The lowest BCUT2D eigenvalue weighted by atomic mass is 10.2. The number of nitro groups is 1.